The van der Waals surface area contributed by atoms with E-state index in [9.17, 15) is 35.9 Å². The molecular formula is C22H17Cl3F6N2O2. The first-order valence-corrected chi connectivity index (χ1v) is 10.8. The molecule has 0 spiro atoms. The van der Waals surface area contributed by atoms with E-state index in [1.165, 1.54) is 25.1 Å². The molecule has 3 N–H and O–H groups in total. The number of hydrogen-bond acceptors (Lipinski definition) is 2. The van der Waals surface area contributed by atoms with Crippen molar-refractivity contribution < 1.29 is 35.9 Å². The molecule has 2 amide bonds. The van der Waals surface area contributed by atoms with Crippen molar-refractivity contribution in [2.24, 2.45) is 5.73 Å². The quantitative estimate of drug-likeness (QED) is 0.286. The van der Waals surface area contributed by atoms with E-state index in [1.54, 1.807) is 5.32 Å². The summed E-state index contributed by atoms with van der Waals surface area (Å²) >= 11 is 17.5. The highest BCUT2D eigenvalue weighted by molar-refractivity contribution is 6.48. The van der Waals surface area contributed by atoms with Gasteiger partial charge in [0.05, 0.1) is 26.9 Å². The van der Waals surface area contributed by atoms with Gasteiger partial charge >= 0.3 is 12.4 Å². The van der Waals surface area contributed by atoms with Crippen LogP contribution in [0.25, 0.3) is 6.08 Å². The lowest BCUT2D eigenvalue weighted by atomic mass is 9.91. The van der Waals surface area contributed by atoms with Crippen molar-refractivity contribution in [1.82, 2.24) is 5.32 Å². The number of nitrogens with one attached hydrogen (secondary N) is 1. The van der Waals surface area contributed by atoms with Crippen LogP contribution in [0, 0.1) is 0 Å². The van der Waals surface area contributed by atoms with Crippen molar-refractivity contribution >= 4 is 52.7 Å². The molecule has 0 aliphatic heterocycles. The molecule has 0 aromatic heterocycles. The first kappa shape index (κ1) is 28.8. The number of alkyl halides is 6. The van der Waals surface area contributed by atoms with E-state index in [-0.39, 0.29) is 37.3 Å². The molecule has 0 bridgehead atoms. The number of halogens is 9. The second-order valence-corrected chi connectivity index (χ2v) is 8.63. The number of primary amides is 1. The van der Waals surface area contributed by atoms with E-state index in [4.69, 9.17) is 40.5 Å². The third kappa shape index (κ3) is 7.78. The average molecular weight is 562 g/mol. The molecule has 1 unspecified atom stereocenters. The lowest BCUT2D eigenvalue weighted by Crippen LogP contribution is -2.36. The largest absolute Gasteiger partial charge is 0.405 e. The van der Waals surface area contributed by atoms with E-state index in [2.05, 4.69) is 0 Å². The minimum absolute atomic E-state index is 0.0551. The lowest BCUT2D eigenvalue weighted by molar-refractivity contribution is -0.139. The molecule has 190 valence electrons. The van der Waals surface area contributed by atoms with Gasteiger partial charge in [-0.2, -0.15) is 26.3 Å². The Morgan fingerprint density at radius 3 is 2.09 bits per heavy atom. The summed E-state index contributed by atoms with van der Waals surface area (Å²) in [4.78, 5) is 23.9. The SMILES string of the molecule is C[C@H](C(=O)NCC(F)(F)F)c1cc(/C=C/C(c2cc(Cl)c(Cl)c(Cl)c2)C(F)(F)F)ccc1C(N)=O. The Bertz CT molecular complexity index is 1130. The summed E-state index contributed by atoms with van der Waals surface area (Å²) in [5, 5.41) is 1.24. The van der Waals surface area contributed by atoms with Crippen LogP contribution in [0.5, 0.6) is 0 Å². The molecule has 4 nitrogen and oxygen atoms in total. The molecule has 2 rings (SSSR count). The van der Waals surface area contributed by atoms with Gasteiger partial charge in [-0.15, -0.1) is 0 Å². The van der Waals surface area contributed by atoms with Gasteiger partial charge in [0.1, 0.15) is 6.54 Å². The molecule has 0 aliphatic rings. The van der Waals surface area contributed by atoms with Crippen LogP contribution in [0.1, 0.15) is 45.8 Å². The molecule has 0 radical (unpaired) electrons. The van der Waals surface area contributed by atoms with Gasteiger partial charge in [-0.25, -0.2) is 0 Å². The maximum atomic E-state index is 13.8. The predicted molar refractivity (Wildman–Crippen MR) is 122 cm³/mol. The molecule has 0 fully saturated rings. The van der Waals surface area contributed by atoms with E-state index in [0.29, 0.717) is 0 Å². The molecule has 0 saturated heterocycles. The molecule has 13 heteroatoms. The van der Waals surface area contributed by atoms with E-state index >= 15 is 0 Å². The highest BCUT2D eigenvalue weighted by Gasteiger charge is 2.39. The molecular weight excluding hydrogens is 545 g/mol. The smallest absolute Gasteiger partial charge is 0.366 e. The van der Waals surface area contributed by atoms with Gasteiger partial charge in [0.15, 0.2) is 0 Å². The third-order valence-corrected chi connectivity index (χ3v) is 6.06. The summed E-state index contributed by atoms with van der Waals surface area (Å²) in [6.07, 6.45) is -7.54. The Hall–Kier alpha value is -2.43. The van der Waals surface area contributed by atoms with Crippen LogP contribution < -0.4 is 11.1 Å². The van der Waals surface area contributed by atoms with Crippen molar-refractivity contribution in [2.45, 2.75) is 31.1 Å². The van der Waals surface area contributed by atoms with Crippen LogP contribution >= 0.6 is 34.8 Å². The fourth-order valence-corrected chi connectivity index (χ4v) is 3.73. The van der Waals surface area contributed by atoms with Gasteiger partial charge in [0.2, 0.25) is 11.8 Å². The second kappa shape index (κ2) is 11.1. The number of amides is 2. The Balaban J connectivity index is 2.45. The van der Waals surface area contributed by atoms with Crippen molar-refractivity contribution in [3.8, 4) is 0 Å². The fraction of sp³-hybridized carbons (Fsp3) is 0.273. The fourth-order valence-electron chi connectivity index (χ4n) is 3.12. The molecule has 0 aliphatic carbocycles. The first-order chi connectivity index (χ1) is 16.0. The van der Waals surface area contributed by atoms with Crippen LogP contribution in [-0.4, -0.2) is 30.7 Å². The zero-order chi connectivity index (χ0) is 26.7. The second-order valence-electron chi connectivity index (χ2n) is 7.44. The maximum Gasteiger partial charge on any atom is 0.405 e. The van der Waals surface area contributed by atoms with E-state index < -0.39 is 42.5 Å². The number of hydrogen-bond donors (Lipinski definition) is 2. The Kier molecular flexibility index (Phi) is 9.13. The topological polar surface area (TPSA) is 72.2 Å². The number of rotatable bonds is 7. The molecule has 2 aromatic carbocycles. The minimum Gasteiger partial charge on any atom is -0.366 e. The standard InChI is InChI=1S/C22H17Cl3F6N2O2/c1-10(20(35)33-9-21(26,27)28)14-6-11(2-4-13(14)19(32)34)3-5-15(22(29,30)31)12-7-16(23)18(25)17(24)8-12/h2-8,10,15H,9H2,1H3,(H2,32,34)(H,33,35)/b5-3+/t10-,15?/m0/s1. The Labute approximate surface area is 211 Å². The normalized spacial score (nSPS) is 14.1. The molecule has 2 aromatic rings. The number of benzene rings is 2. The summed E-state index contributed by atoms with van der Waals surface area (Å²) < 4.78 is 78.6. The summed E-state index contributed by atoms with van der Waals surface area (Å²) in [6.45, 7) is -0.363. The molecule has 2 atom stereocenters. The van der Waals surface area contributed by atoms with Gasteiger partial charge in [-0.05, 0) is 41.8 Å². The average Bonchev–Trinajstić information content (AvgIpc) is 2.73. The van der Waals surface area contributed by atoms with Crippen molar-refractivity contribution in [3.05, 3.63) is 73.7 Å². The van der Waals surface area contributed by atoms with Crippen LogP contribution in [0.4, 0.5) is 26.3 Å². The minimum atomic E-state index is -4.75. The summed E-state index contributed by atoms with van der Waals surface area (Å²) in [5.74, 6) is -5.43. The van der Waals surface area contributed by atoms with Crippen LogP contribution in [-0.2, 0) is 4.79 Å². The lowest BCUT2D eigenvalue weighted by Gasteiger charge is -2.19. The zero-order valence-corrected chi connectivity index (χ0v) is 20.0. The number of allylic oxidation sites excluding steroid dienone is 1. The Morgan fingerprint density at radius 2 is 1.60 bits per heavy atom. The number of nitrogens with two attached hydrogens (primary N) is 1. The van der Waals surface area contributed by atoms with Gasteiger partial charge in [0.25, 0.3) is 0 Å². The first-order valence-electron chi connectivity index (χ1n) is 9.68. The molecule has 0 saturated carbocycles. The number of carbonyl (C=O) groups is 2. The van der Waals surface area contributed by atoms with E-state index in [0.717, 1.165) is 24.3 Å². The van der Waals surface area contributed by atoms with Crippen LogP contribution in [0.3, 0.4) is 0 Å². The predicted octanol–water partition coefficient (Wildman–Crippen LogP) is 6.89. The van der Waals surface area contributed by atoms with Gasteiger partial charge < -0.3 is 11.1 Å². The summed E-state index contributed by atoms with van der Waals surface area (Å²) in [5.41, 5.74) is 4.90. The Morgan fingerprint density at radius 1 is 1.03 bits per heavy atom. The van der Waals surface area contributed by atoms with Gasteiger partial charge in [-0.3, -0.25) is 9.59 Å². The van der Waals surface area contributed by atoms with Crippen molar-refractivity contribution in [3.63, 3.8) is 0 Å². The highest BCUT2D eigenvalue weighted by Crippen LogP contribution is 2.41. The summed E-state index contributed by atoms with van der Waals surface area (Å²) in [6, 6.07) is 5.68. The van der Waals surface area contributed by atoms with E-state index in [1.807, 2.05) is 0 Å². The van der Waals surface area contributed by atoms with Crippen molar-refractivity contribution in [2.75, 3.05) is 6.54 Å². The number of carbonyl (C=O) groups excluding carboxylic acids is 2. The third-order valence-electron chi connectivity index (χ3n) is 4.86. The zero-order valence-electron chi connectivity index (χ0n) is 17.7. The maximum absolute atomic E-state index is 13.8. The van der Waals surface area contributed by atoms with Gasteiger partial charge in [0, 0.05) is 5.56 Å². The monoisotopic (exact) mass is 560 g/mol. The van der Waals surface area contributed by atoms with Crippen molar-refractivity contribution in [1.29, 1.82) is 0 Å². The summed E-state index contributed by atoms with van der Waals surface area (Å²) in [7, 11) is 0. The molecule has 35 heavy (non-hydrogen) atoms. The van der Waals surface area contributed by atoms with Gasteiger partial charge in [-0.1, -0.05) is 59.1 Å². The molecule has 0 heterocycles. The highest BCUT2D eigenvalue weighted by atomic mass is 35.5. The van der Waals surface area contributed by atoms with Crippen LogP contribution in [0.2, 0.25) is 15.1 Å². The van der Waals surface area contributed by atoms with Crippen LogP contribution in [0.15, 0.2) is 36.4 Å².